The number of thiophene rings is 1. The number of hydrogen-bond donors (Lipinski definition) is 1. The van der Waals surface area contributed by atoms with Gasteiger partial charge in [-0.05, 0) is 25.6 Å². The zero-order chi connectivity index (χ0) is 13.1. The molecule has 3 nitrogen and oxygen atoms in total. The highest BCUT2D eigenvalue weighted by atomic mass is 35.5. The fourth-order valence-corrected chi connectivity index (χ4v) is 3.29. The molecule has 0 spiro atoms. The molecule has 5 heteroatoms. The molecule has 1 atom stereocenters. The van der Waals surface area contributed by atoms with Crippen molar-refractivity contribution in [3.63, 3.8) is 0 Å². The Morgan fingerprint density at radius 2 is 2.28 bits per heavy atom. The fraction of sp³-hybridized carbons (Fsp3) is 0.462. The number of nitrogens with one attached hydrogen (secondary N) is 1. The van der Waals surface area contributed by atoms with E-state index in [1.165, 1.54) is 10.4 Å². The maximum Gasteiger partial charge on any atom is 0.0931 e. The van der Waals surface area contributed by atoms with Gasteiger partial charge >= 0.3 is 0 Å². The smallest absolute Gasteiger partial charge is 0.0931 e. The molecule has 98 valence electrons. The van der Waals surface area contributed by atoms with Crippen LogP contribution in [-0.4, -0.2) is 16.3 Å². The van der Waals surface area contributed by atoms with Crippen molar-refractivity contribution in [2.45, 2.75) is 26.3 Å². The summed E-state index contributed by atoms with van der Waals surface area (Å²) < 4.78 is 2.72. The predicted octanol–water partition coefficient (Wildman–Crippen LogP) is 3.34. The van der Waals surface area contributed by atoms with Gasteiger partial charge < -0.3 is 5.32 Å². The minimum Gasteiger partial charge on any atom is -0.310 e. The summed E-state index contributed by atoms with van der Waals surface area (Å²) in [4.78, 5) is 1.30. The Bertz CT molecular complexity index is 518. The van der Waals surface area contributed by atoms with Gasteiger partial charge in [-0.25, -0.2) is 0 Å². The Morgan fingerprint density at radius 1 is 1.50 bits per heavy atom. The summed E-state index contributed by atoms with van der Waals surface area (Å²) in [5, 5.41) is 7.94. The molecule has 0 aliphatic carbocycles. The summed E-state index contributed by atoms with van der Waals surface area (Å²) in [6.07, 6.45) is 3.05. The van der Waals surface area contributed by atoms with Crippen LogP contribution in [0, 0.1) is 6.92 Å². The Morgan fingerprint density at radius 3 is 2.78 bits per heavy atom. The highest BCUT2D eigenvalue weighted by Crippen LogP contribution is 2.27. The van der Waals surface area contributed by atoms with E-state index in [-0.39, 0.29) is 0 Å². The first kappa shape index (κ1) is 13.6. The van der Waals surface area contributed by atoms with Gasteiger partial charge in [0.05, 0.1) is 10.0 Å². The summed E-state index contributed by atoms with van der Waals surface area (Å²) in [6, 6.07) is 4.36. The van der Waals surface area contributed by atoms with Gasteiger partial charge in [0.15, 0.2) is 0 Å². The Labute approximate surface area is 117 Å². The molecular formula is C13H18ClN3S. The molecular weight excluding hydrogens is 266 g/mol. The molecule has 18 heavy (non-hydrogen) atoms. The first-order chi connectivity index (χ1) is 8.60. The van der Waals surface area contributed by atoms with E-state index in [9.17, 15) is 0 Å². The van der Waals surface area contributed by atoms with E-state index >= 15 is 0 Å². The van der Waals surface area contributed by atoms with E-state index in [0.29, 0.717) is 6.04 Å². The van der Waals surface area contributed by atoms with E-state index in [1.807, 2.05) is 17.8 Å². The minimum atomic E-state index is 0.304. The van der Waals surface area contributed by atoms with Crippen LogP contribution in [0.1, 0.15) is 29.1 Å². The second-order valence-electron chi connectivity index (χ2n) is 4.36. The van der Waals surface area contributed by atoms with Crippen molar-refractivity contribution in [2.75, 3.05) is 6.54 Å². The third-order valence-corrected chi connectivity index (χ3v) is 4.17. The largest absolute Gasteiger partial charge is 0.310 e. The normalized spacial score (nSPS) is 12.9. The van der Waals surface area contributed by atoms with Crippen molar-refractivity contribution in [3.8, 4) is 0 Å². The molecule has 0 aliphatic rings. The van der Waals surface area contributed by atoms with E-state index in [0.717, 1.165) is 23.0 Å². The molecule has 0 radical (unpaired) electrons. The van der Waals surface area contributed by atoms with Crippen LogP contribution in [0.5, 0.6) is 0 Å². The standard InChI is InChI=1S/C13H18ClN3S/c1-4-15-12(7-10-5-6-13(14)18-10)11-8-17(3)16-9(11)2/h5-6,8,12,15H,4,7H2,1-3H3. The second kappa shape index (κ2) is 5.87. The summed E-state index contributed by atoms with van der Waals surface area (Å²) in [5.41, 5.74) is 2.36. The lowest BCUT2D eigenvalue weighted by molar-refractivity contribution is 0.550. The minimum absolute atomic E-state index is 0.304. The average Bonchev–Trinajstić information content (AvgIpc) is 2.84. The van der Waals surface area contributed by atoms with Gasteiger partial charge in [-0.2, -0.15) is 5.10 Å². The Hall–Kier alpha value is -0.840. The number of likely N-dealkylation sites (N-methyl/N-ethyl adjacent to an activating group) is 1. The lowest BCUT2D eigenvalue weighted by Crippen LogP contribution is -2.23. The lowest BCUT2D eigenvalue weighted by Gasteiger charge is -2.16. The van der Waals surface area contributed by atoms with Gasteiger partial charge in [0.25, 0.3) is 0 Å². The molecule has 0 fully saturated rings. The van der Waals surface area contributed by atoms with Crippen molar-refractivity contribution >= 4 is 22.9 Å². The van der Waals surface area contributed by atoms with Crippen LogP contribution < -0.4 is 5.32 Å². The highest BCUT2D eigenvalue weighted by Gasteiger charge is 2.17. The van der Waals surface area contributed by atoms with Crippen LogP contribution in [0.2, 0.25) is 4.34 Å². The number of hydrogen-bond acceptors (Lipinski definition) is 3. The lowest BCUT2D eigenvalue weighted by atomic mass is 10.0. The van der Waals surface area contributed by atoms with Crippen molar-refractivity contribution < 1.29 is 0 Å². The molecule has 1 unspecified atom stereocenters. The molecule has 0 saturated carbocycles. The number of halogens is 1. The Kier molecular flexibility index (Phi) is 4.43. The van der Waals surface area contributed by atoms with Crippen LogP contribution in [0.25, 0.3) is 0 Å². The molecule has 0 aliphatic heterocycles. The fourth-order valence-electron chi connectivity index (χ4n) is 2.16. The highest BCUT2D eigenvalue weighted by molar-refractivity contribution is 7.16. The van der Waals surface area contributed by atoms with Crippen molar-refractivity contribution in [1.29, 1.82) is 0 Å². The van der Waals surface area contributed by atoms with Gasteiger partial charge in [-0.1, -0.05) is 18.5 Å². The Balaban J connectivity index is 2.20. The molecule has 2 aromatic rings. The van der Waals surface area contributed by atoms with Crippen LogP contribution in [0.3, 0.4) is 0 Å². The van der Waals surface area contributed by atoms with Gasteiger partial charge in [0.1, 0.15) is 0 Å². The van der Waals surface area contributed by atoms with E-state index in [4.69, 9.17) is 11.6 Å². The summed E-state index contributed by atoms with van der Waals surface area (Å²) in [6.45, 7) is 5.12. The molecule has 0 amide bonds. The maximum absolute atomic E-state index is 5.98. The predicted molar refractivity (Wildman–Crippen MR) is 77.4 cm³/mol. The van der Waals surface area contributed by atoms with Crippen molar-refractivity contribution in [3.05, 3.63) is 38.8 Å². The van der Waals surface area contributed by atoms with Crippen LogP contribution in [0.15, 0.2) is 18.3 Å². The third-order valence-electron chi connectivity index (χ3n) is 2.91. The first-order valence-corrected chi connectivity index (χ1v) is 7.27. The second-order valence-corrected chi connectivity index (χ2v) is 6.16. The molecule has 2 rings (SSSR count). The van der Waals surface area contributed by atoms with E-state index in [1.54, 1.807) is 11.3 Å². The molecule has 0 bridgehead atoms. The molecule has 2 aromatic heterocycles. The van der Waals surface area contributed by atoms with Gasteiger partial charge in [0.2, 0.25) is 0 Å². The molecule has 2 heterocycles. The van der Waals surface area contributed by atoms with Crippen LogP contribution >= 0.6 is 22.9 Å². The molecule has 0 saturated heterocycles. The number of aromatic nitrogens is 2. The topological polar surface area (TPSA) is 29.9 Å². The van der Waals surface area contributed by atoms with Crippen molar-refractivity contribution in [2.24, 2.45) is 7.05 Å². The summed E-state index contributed by atoms with van der Waals surface area (Å²) in [7, 11) is 1.96. The maximum atomic E-state index is 5.98. The van der Waals surface area contributed by atoms with Crippen LogP contribution in [-0.2, 0) is 13.5 Å². The number of aryl methyl sites for hydroxylation is 2. The zero-order valence-corrected chi connectivity index (χ0v) is 12.5. The molecule has 0 aromatic carbocycles. The van der Waals surface area contributed by atoms with Gasteiger partial charge in [0, 0.05) is 36.1 Å². The van der Waals surface area contributed by atoms with E-state index in [2.05, 4.69) is 36.5 Å². The zero-order valence-electron chi connectivity index (χ0n) is 10.9. The monoisotopic (exact) mass is 283 g/mol. The van der Waals surface area contributed by atoms with E-state index < -0.39 is 0 Å². The number of nitrogens with zero attached hydrogens (tertiary/aromatic N) is 2. The number of rotatable bonds is 5. The van der Waals surface area contributed by atoms with Gasteiger partial charge in [-0.3, -0.25) is 4.68 Å². The summed E-state index contributed by atoms with van der Waals surface area (Å²) in [5.74, 6) is 0. The van der Waals surface area contributed by atoms with Gasteiger partial charge in [-0.15, -0.1) is 11.3 Å². The van der Waals surface area contributed by atoms with Crippen LogP contribution in [0.4, 0.5) is 0 Å². The summed E-state index contributed by atoms with van der Waals surface area (Å²) >= 11 is 7.63. The van der Waals surface area contributed by atoms with Crippen molar-refractivity contribution in [1.82, 2.24) is 15.1 Å². The SMILES string of the molecule is CCNC(Cc1ccc(Cl)s1)c1cn(C)nc1C. The quantitative estimate of drug-likeness (QED) is 0.912. The average molecular weight is 284 g/mol. The first-order valence-electron chi connectivity index (χ1n) is 6.08. The molecule has 1 N–H and O–H groups in total. The third kappa shape index (κ3) is 3.13.